The number of halogens is 3. The van der Waals surface area contributed by atoms with E-state index in [0.29, 0.717) is 41.5 Å². The maximum atomic E-state index is 12.2. The van der Waals surface area contributed by atoms with Gasteiger partial charge in [0.1, 0.15) is 5.38 Å². The second-order valence-electron chi connectivity index (χ2n) is 5.32. The van der Waals surface area contributed by atoms with Gasteiger partial charge >= 0.3 is 0 Å². The molecule has 2 rings (SSSR count). The van der Waals surface area contributed by atoms with E-state index in [1.54, 1.807) is 30.0 Å². The second kappa shape index (κ2) is 7.53. The summed E-state index contributed by atoms with van der Waals surface area (Å²) >= 11 is 17.6. The number of hydrogen-bond acceptors (Lipinski definition) is 2. The summed E-state index contributed by atoms with van der Waals surface area (Å²) in [5.41, 5.74) is 0.474. The predicted octanol–water partition coefficient (Wildman–Crippen LogP) is 3.34. The molecule has 1 unspecified atom stereocenters. The third-order valence-electron chi connectivity index (χ3n) is 3.66. The molecule has 7 heteroatoms. The van der Waals surface area contributed by atoms with E-state index >= 15 is 0 Å². The molecule has 0 aliphatic carbocycles. The van der Waals surface area contributed by atoms with Gasteiger partial charge in [-0.15, -0.1) is 11.6 Å². The average molecular weight is 364 g/mol. The molecule has 2 amide bonds. The maximum absolute atomic E-state index is 12.2. The van der Waals surface area contributed by atoms with Crippen LogP contribution in [-0.2, 0) is 4.79 Å². The number of carbonyl (C=O) groups excluding carboxylic acids is 2. The maximum Gasteiger partial charge on any atom is 0.251 e. The number of hydrogen-bond donors (Lipinski definition) is 1. The minimum absolute atomic E-state index is 0.0386. The molecule has 120 valence electrons. The Morgan fingerprint density at radius 2 is 1.86 bits per heavy atom. The van der Waals surface area contributed by atoms with E-state index in [1.807, 2.05) is 0 Å². The summed E-state index contributed by atoms with van der Waals surface area (Å²) in [6.45, 7) is 2.87. The fraction of sp³-hybridized carbons (Fsp3) is 0.467. The van der Waals surface area contributed by atoms with Crippen molar-refractivity contribution < 1.29 is 9.59 Å². The molecule has 1 heterocycles. The number of alkyl halides is 1. The van der Waals surface area contributed by atoms with Crippen molar-refractivity contribution in [2.45, 2.75) is 31.2 Å². The average Bonchev–Trinajstić information content (AvgIpc) is 2.50. The highest BCUT2D eigenvalue weighted by molar-refractivity contribution is 6.42. The fourth-order valence-corrected chi connectivity index (χ4v) is 2.84. The van der Waals surface area contributed by atoms with Crippen LogP contribution in [0.5, 0.6) is 0 Å². The van der Waals surface area contributed by atoms with Crippen LogP contribution in [0.25, 0.3) is 0 Å². The summed E-state index contributed by atoms with van der Waals surface area (Å²) in [5.74, 6) is -0.245. The Hall–Kier alpha value is -0.970. The van der Waals surface area contributed by atoms with Gasteiger partial charge in [0.2, 0.25) is 5.91 Å². The summed E-state index contributed by atoms with van der Waals surface area (Å²) < 4.78 is 0. The second-order valence-corrected chi connectivity index (χ2v) is 6.79. The molecule has 0 saturated carbocycles. The van der Waals surface area contributed by atoms with E-state index in [4.69, 9.17) is 34.8 Å². The monoisotopic (exact) mass is 362 g/mol. The molecule has 0 radical (unpaired) electrons. The molecule has 1 aromatic rings. The molecule has 1 aromatic carbocycles. The Labute approximate surface area is 144 Å². The lowest BCUT2D eigenvalue weighted by molar-refractivity contribution is -0.131. The van der Waals surface area contributed by atoms with Crippen molar-refractivity contribution in [3.05, 3.63) is 33.8 Å². The summed E-state index contributed by atoms with van der Waals surface area (Å²) in [6, 6.07) is 4.82. The molecule has 4 nitrogen and oxygen atoms in total. The van der Waals surface area contributed by atoms with Crippen LogP contribution in [-0.4, -0.2) is 41.2 Å². The highest BCUT2D eigenvalue weighted by Gasteiger charge is 2.26. The van der Waals surface area contributed by atoms with Crippen molar-refractivity contribution >= 4 is 46.6 Å². The SMILES string of the molecule is CC(Cl)C(=O)N1CCC(NC(=O)c2ccc(Cl)c(Cl)c2)CC1. The lowest BCUT2D eigenvalue weighted by atomic mass is 10.0. The van der Waals surface area contributed by atoms with E-state index < -0.39 is 5.38 Å². The molecule has 0 aromatic heterocycles. The van der Waals surface area contributed by atoms with Crippen LogP contribution >= 0.6 is 34.8 Å². The van der Waals surface area contributed by atoms with E-state index in [9.17, 15) is 9.59 Å². The van der Waals surface area contributed by atoms with Crippen molar-refractivity contribution in [2.24, 2.45) is 0 Å². The zero-order valence-corrected chi connectivity index (χ0v) is 14.4. The highest BCUT2D eigenvalue weighted by Crippen LogP contribution is 2.23. The van der Waals surface area contributed by atoms with Gasteiger partial charge in [-0.1, -0.05) is 23.2 Å². The van der Waals surface area contributed by atoms with Crippen molar-refractivity contribution in [2.75, 3.05) is 13.1 Å². The molecule has 1 N–H and O–H groups in total. The fourth-order valence-electron chi connectivity index (χ4n) is 2.40. The quantitative estimate of drug-likeness (QED) is 0.837. The number of amides is 2. The number of benzene rings is 1. The summed E-state index contributed by atoms with van der Waals surface area (Å²) in [7, 11) is 0. The number of piperidine rings is 1. The van der Waals surface area contributed by atoms with Crippen molar-refractivity contribution in [1.29, 1.82) is 0 Å². The first-order valence-electron chi connectivity index (χ1n) is 7.07. The lowest BCUT2D eigenvalue weighted by Crippen LogP contribution is -2.48. The van der Waals surface area contributed by atoms with Crippen LogP contribution in [0.2, 0.25) is 10.0 Å². The molecule has 1 atom stereocenters. The number of nitrogens with zero attached hydrogens (tertiary/aromatic N) is 1. The van der Waals surface area contributed by atoms with E-state index in [0.717, 1.165) is 0 Å². The topological polar surface area (TPSA) is 49.4 Å². The Bertz CT molecular complexity index is 570. The van der Waals surface area contributed by atoms with Gasteiger partial charge in [-0.3, -0.25) is 9.59 Å². The molecule has 1 aliphatic rings. The van der Waals surface area contributed by atoms with Gasteiger partial charge < -0.3 is 10.2 Å². The zero-order chi connectivity index (χ0) is 16.3. The van der Waals surface area contributed by atoms with E-state index in [1.165, 1.54) is 0 Å². The largest absolute Gasteiger partial charge is 0.349 e. The molecule has 0 spiro atoms. The van der Waals surface area contributed by atoms with Crippen molar-refractivity contribution in [3.8, 4) is 0 Å². The first-order valence-corrected chi connectivity index (χ1v) is 8.26. The molecular weight excluding hydrogens is 347 g/mol. The van der Waals surface area contributed by atoms with Gasteiger partial charge in [-0.05, 0) is 38.0 Å². The third kappa shape index (κ3) is 4.28. The Morgan fingerprint density at radius 3 is 2.41 bits per heavy atom. The van der Waals surface area contributed by atoms with Crippen LogP contribution < -0.4 is 5.32 Å². The smallest absolute Gasteiger partial charge is 0.251 e. The Morgan fingerprint density at radius 1 is 1.23 bits per heavy atom. The molecule has 1 aliphatic heterocycles. The summed E-state index contributed by atoms with van der Waals surface area (Å²) in [4.78, 5) is 25.7. The molecule has 22 heavy (non-hydrogen) atoms. The number of nitrogens with one attached hydrogen (secondary N) is 1. The van der Waals surface area contributed by atoms with Crippen LogP contribution in [0.1, 0.15) is 30.1 Å². The number of rotatable bonds is 3. The first kappa shape index (κ1) is 17.4. The zero-order valence-electron chi connectivity index (χ0n) is 12.1. The van der Waals surface area contributed by atoms with Gasteiger partial charge in [-0.2, -0.15) is 0 Å². The Kier molecular flexibility index (Phi) is 5.95. The summed E-state index contributed by atoms with van der Waals surface area (Å²) in [6.07, 6.45) is 1.42. The van der Waals surface area contributed by atoms with Gasteiger partial charge in [0.15, 0.2) is 0 Å². The molecule has 1 saturated heterocycles. The molecule has 1 fully saturated rings. The molecular formula is C15H17Cl3N2O2. The van der Waals surface area contributed by atoms with Crippen molar-refractivity contribution in [3.63, 3.8) is 0 Å². The Balaban J connectivity index is 1.89. The van der Waals surface area contributed by atoms with Gasteiger partial charge in [0.05, 0.1) is 10.0 Å². The standard InChI is InChI=1S/C15H17Cl3N2O2/c1-9(16)15(22)20-6-4-11(5-7-20)19-14(21)10-2-3-12(17)13(18)8-10/h2-3,8-9,11H,4-7H2,1H3,(H,19,21). The summed E-state index contributed by atoms with van der Waals surface area (Å²) in [5, 5.41) is 3.22. The number of likely N-dealkylation sites (tertiary alicyclic amines) is 1. The van der Waals surface area contributed by atoms with E-state index in [-0.39, 0.29) is 17.9 Å². The minimum atomic E-state index is -0.512. The lowest BCUT2D eigenvalue weighted by Gasteiger charge is -2.33. The van der Waals surface area contributed by atoms with Crippen LogP contribution in [0.4, 0.5) is 0 Å². The van der Waals surface area contributed by atoms with Gasteiger partial charge in [0, 0.05) is 24.7 Å². The number of carbonyl (C=O) groups is 2. The van der Waals surface area contributed by atoms with E-state index in [2.05, 4.69) is 5.32 Å². The van der Waals surface area contributed by atoms with Crippen LogP contribution in [0.15, 0.2) is 18.2 Å². The predicted molar refractivity (Wildman–Crippen MR) is 88.8 cm³/mol. The van der Waals surface area contributed by atoms with Crippen LogP contribution in [0.3, 0.4) is 0 Å². The highest BCUT2D eigenvalue weighted by atomic mass is 35.5. The normalized spacial score (nSPS) is 17.2. The van der Waals surface area contributed by atoms with Crippen LogP contribution in [0, 0.1) is 0 Å². The molecule has 0 bridgehead atoms. The van der Waals surface area contributed by atoms with Gasteiger partial charge in [0.25, 0.3) is 5.91 Å². The first-order chi connectivity index (χ1) is 10.4. The van der Waals surface area contributed by atoms with Crippen molar-refractivity contribution in [1.82, 2.24) is 10.2 Å². The third-order valence-corrected chi connectivity index (χ3v) is 4.59. The minimum Gasteiger partial charge on any atom is -0.349 e. The van der Waals surface area contributed by atoms with Gasteiger partial charge in [-0.25, -0.2) is 0 Å².